The number of ether oxygens (including phenoxy) is 1. The van der Waals surface area contributed by atoms with Gasteiger partial charge in [-0.2, -0.15) is 22.7 Å². The SMILES string of the molecule is N#Cc1ccc(OC[C@H]2CN(S(=O)(=O)c3ccc(Br)cc3C(F)(F)F)C[C@@]2(O)CO)cc1F. The average molecular weight is 553 g/mol. The summed E-state index contributed by atoms with van der Waals surface area (Å²) < 4.78 is 86.4. The smallest absolute Gasteiger partial charge is 0.417 e. The van der Waals surface area contributed by atoms with Crippen molar-refractivity contribution in [1.82, 2.24) is 4.31 Å². The van der Waals surface area contributed by atoms with Gasteiger partial charge in [-0.05, 0) is 30.3 Å². The number of aliphatic hydroxyl groups excluding tert-OH is 1. The van der Waals surface area contributed by atoms with E-state index in [1.54, 1.807) is 6.07 Å². The summed E-state index contributed by atoms with van der Waals surface area (Å²) in [6.07, 6.45) is -4.96. The molecular weight excluding hydrogens is 536 g/mol. The Bertz CT molecular complexity index is 1200. The fourth-order valence-corrected chi connectivity index (χ4v) is 5.55. The third kappa shape index (κ3) is 5.15. The van der Waals surface area contributed by atoms with Crippen LogP contribution in [-0.2, 0) is 16.2 Å². The molecule has 3 rings (SSSR count). The van der Waals surface area contributed by atoms with Crippen LogP contribution in [0, 0.1) is 23.1 Å². The zero-order valence-electron chi connectivity index (χ0n) is 16.7. The van der Waals surface area contributed by atoms with Gasteiger partial charge >= 0.3 is 6.18 Å². The van der Waals surface area contributed by atoms with Gasteiger partial charge in [0.1, 0.15) is 23.2 Å². The van der Waals surface area contributed by atoms with Crippen LogP contribution in [0.25, 0.3) is 0 Å². The van der Waals surface area contributed by atoms with Gasteiger partial charge in [0.05, 0.1) is 29.2 Å². The normalized spacial score (nSPS) is 21.7. The van der Waals surface area contributed by atoms with Crippen LogP contribution >= 0.6 is 15.9 Å². The molecule has 0 aromatic heterocycles. The van der Waals surface area contributed by atoms with Gasteiger partial charge in [-0.15, -0.1) is 0 Å². The largest absolute Gasteiger partial charge is 0.493 e. The van der Waals surface area contributed by atoms with Gasteiger partial charge in [0.2, 0.25) is 10.0 Å². The van der Waals surface area contributed by atoms with Crippen LogP contribution in [0.2, 0.25) is 0 Å². The van der Waals surface area contributed by atoms with Crippen LogP contribution in [0.5, 0.6) is 5.75 Å². The molecule has 1 saturated heterocycles. The summed E-state index contributed by atoms with van der Waals surface area (Å²) in [6, 6.07) is 7.62. The van der Waals surface area contributed by atoms with Crippen LogP contribution in [-0.4, -0.2) is 54.8 Å². The van der Waals surface area contributed by atoms with E-state index in [4.69, 9.17) is 10.00 Å². The molecule has 1 aliphatic rings. The molecule has 33 heavy (non-hydrogen) atoms. The lowest BCUT2D eigenvalue weighted by Gasteiger charge is -2.26. The summed E-state index contributed by atoms with van der Waals surface area (Å²) in [5, 5.41) is 29.2. The number of aliphatic hydroxyl groups is 2. The number of benzene rings is 2. The molecule has 0 unspecified atom stereocenters. The van der Waals surface area contributed by atoms with E-state index in [1.165, 1.54) is 12.1 Å². The fraction of sp³-hybridized carbons (Fsp3) is 0.350. The Balaban J connectivity index is 1.87. The minimum atomic E-state index is -4.96. The van der Waals surface area contributed by atoms with Gasteiger partial charge < -0.3 is 14.9 Å². The second kappa shape index (κ2) is 9.19. The second-order valence-corrected chi connectivity index (χ2v) is 10.3. The van der Waals surface area contributed by atoms with E-state index in [-0.39, 0.29) is 22.4 Å². The van der Waals surface area contributed by atoms with Gasteiger partial charge in [-0.1, -0.05) is 15.9 Å². The van der Waals surface area contributed by atoms with Crippen LogP contribution in [0.1, 0.15) is 11.1 Å². The monoisotopic (exact) mass is 552 g/mol. The highest BCUT2D eigenvalue weighted by Crippen LogP contribution is 2.39. The summed E-state index contributed by atoms with van der Waals surface area (Å²) in [7, 11) is -4.71. The Morgan fingerprint density at radius 3 is 2.55 bits per heavy atom. The van der Waals surface area contributed by atoms with Gasteiger partial charge in [-0.25, -0.2) is 12.8 Å². The lowest BCUT2D eigenvalue weighted by atomic mass is 9.92. The highest BCUT2D eigenvalue weighted by molar-refractivity contribution is 9.10. The maximum absolute atomic E-state index is 13.8. The van der Waals surface area contributed by atoms with Crippen molar-refractivity contribution in [3.8, 4) is 11.8 Å². The topological polar surface area (TPSA) is 111 Å². The predicted molar refractivity (Wildman–Crippen MR) is 110 cm³/mol. The molecule has 2 N–H and O–H groups in total. The number of nitriles is 1. The Labute approximate surface area is 195 Å². The number of rotatable bonds is 6. The highest BCUT2D eigenvalue weighted by atomic mass is 79.9. The minimum absolute atomic E-state index is 0.0136. The number of hydrogen-bond acceptors (Lipinski definition) is 6. The Morgan fingerprint density at radius 2 is 1.97 bits per heavy atom. The maximum Gasteiger partial charge on any atom is 0.417 e. The number of sulfonamides is 1. The molecule has 0 amide bonds. The zero-order chi connectivity index (χ0) is 24.6. The van der Waals surface area contributed by atoms with Crippen molar-refractivity contribution in [3.63, 3.8) is 0 Å². The first-order valence-corrected chi connectivity index (χ1v) is 11.6. The number of halogens is 5. The summed E-state index contributed by atoms with van der Waals surface area (Å²) in [6.45, 7) is -2.39. The van der Waals surface area contributed by atoms with Crippen molar-refractivity contribution in [2.24, 2.45) is 5.92 Å². The molecule has 1 aliphatic heterocycles. The molecule has 0 bridgehead atoms. The van der Waals surface area contributed by atoms with E-state index in [2.05, 4.69) is 15.9 Å². The van der Waals surface area contributed by atoms with Crippen LogP contribution in [0.4, 0.5) is 17.6 Å². The van der Waals surface area contributed by atoms with Crippen LogP contribution in [0.3, 0.4) is 0 Å². The van der Waals surface area contributed by atoms with Gasteiger partial charge in [0, 0.05) is 29.5 Å². The summed E-state index contributed by atoms with van der Waals surface area (Å²) in [5.74, 6) is -1.90. The first-order valence-electron chi connectivity index (χ1n) is 9.34. The van der Waals surface area contributed by atoms with Gasteiger partial charge in [-0.3, -0.25) is 0 Å². The Morgan fingerprint density at radius 1 is 1.27 bits per heavy atom. The standard InChI is InChI=1S/C20H17BrF4N2O5S/c21-14-2-4-18(16(5-14)20(23,24)25)33(30,31)27-8-13(19(29,10-27)11-28)9-32-15-3-1-12(7-26)17(22)6-15/h1-6,13,28-29H,8-11H2/t13-,19-/m1/s1. The van der Waals surface area contributed by atoms with E-state index in [0.717, 1.165) is 18.2 Å². The van der Waals surface area contributed by atoms with Crippen molar-refractivity contribution in [3.05, 3.63) is 57.8 Å². The fourth-order valence-electron chi connectivity index (χ4n) is 3.45. The van der Waals surface area contributed by atoms with E-state index >= 15 is 0 Å². The zero-order valence-corrected chi connectivity index (χ0v) is 19.1. The molecule has 7 nitrogen and oxygen atoms in total. The highest BCUT2D eigenvalue weighted by Gasteiger charge is 2.50. The van der Waals surface area contributed by atoms with E-state index in [0.29, 0.717) is 10.4 Å². The average Bonchev–Trinajstić information content (AvgIpc) is 3.09. The van der Waals surface area contributed by atoms with E-state index in [9.17, 15) is 36.2 Å². The van der Waals surface area contributed by atoms with E-state index in [1.807, 2.05) is 0 Å². The predicted octanol–water partition coefficient (Wildman–Crippen LogP) is 2.90. The van der Waals surface area contributed by atoms with Crippen molar-refractivity contribution >= 4 is 26.0 Å². The van der Waals surface area contributed by atoms with Crippen molar-refractivity contribution in [2.75, 3.05) is 26.3 Å². The quantitative estimate of drug-likeness (QED) is 0.533. The van der Waals surface area contributed by atoms with Crippen LogP contribution < -0.4 is 4.74 Å². The summed E-state index contributed by atoms with van der Waals surface area (Å²) in [4.78, 5) is -0.991. The molecule has 0 saturated carbocycles. The Kier molecular flexibility index (Phi) is 7.07. The summed E-state index contributed by atoms with van der Waals surface area (Å²) >= 11 is 2.89. The molecule has 0 spiro atoms. The minimum Gasteiger partial charge on any atom is -0.493 e. The Hall–Kier alpha value is -2.24. The molecule has 2 atom stereocenters. The molecule has 1 heterocycles. The van der Waals surface area contributed by atoms with E-state index < -0.39 is 63.7 Å². The molecule has 1 fully saturated rings. The molecule has 2 aromatic rings. The molecule has 2 aromatic carbocycles. The third-order valence-corrected chi connectivity index (χ3v) is 7.65. The molecule has 13 heteroatoms. The molecule has 178 valence electrons. The first-order chi connectivity index (χ1) is 15.3. The number of β-amino-alcohol motifs (C(OH)–C–C–N with tert-alkyl or cyclic N) is 1. The van der Waals surface area contributed by atoms with Crippen LogP contribution in [0.15, 0.2) is 45.8 Å². The van der Waals surface area contributed by atoms with Gasteiger partial charge in [0.25, 0.3) is 0 Å². The molecule has 0 aliphatic carbocycles. The molecular formula is C20H17BrF4N2O5S. The van der Waals surface area contributed by atoms with Gasteiger partial charge in [0.15, 0.2) is 0 Å². The number of hydrogen-bond donors (Lipinski definition) is 2. The first kappa shape index (κ1) is 25.4. The van der Waals surface area contributed by atoms with Crippen molar-refractivity contribution < 1.29 is 40.9 Å². The van der Waals surface area contributed by atoms with Crippen molar-refractivity contribution in [1.29, 1.82) is 5.26 Å². The van der Waals surface area contributed by atoms with Crippen molar-refractivity contribution in [2.45, 2.75) is 16.7 Å². The number of nitrogens with zero attached hydrogens (tertiary/aromatic N) is 2. The lowest BCUT2D eigenvalue weighted by Crippen LogP contribution is -2.44. The summed E-state index contributed by atoms with van der Waals surface area (Å²) in [5.41, 5.74) is -3.61. The molecule has 0 radical (unpaired) electrons. The third-order valence-electron chi connectivity index (χ3n) is 5.28. The second-order valence-electron chi connectivity index (χ2n) is 7.46. The number of alkyl halides is 3. The lowest BCUT2D eigenvalue weighted by molar-refractivity contribution is -0.140. The maximum atomic E-state index is 13.8.